The average molecular weight is 233 g/mol. The molecule has 0 bridgehead atoms. The molecular formula is C11H7NO5. The Balaban J connectivity index is 2.54. The van der Waals surface area contributed by atoms with Gasteiger partial charge in [0.05, 0.1) is 10.5 Å². The molecule has 1 N–H and O–H groups in total. The first-order valence-electron chi connectivity index (χ1n) is 4.59. The van der Waals surface area contributed by atoms with E-state index in [1.54, 1.807) is 0 Å². The van der Waals surface area contributed by atoms with Gasteiger partial charge in [-0.25, -0.2) is 4.79 Å². The van der Waals surface area contributed by atoms with Crippen molar-refractivity contribution in [2.75, 3.05) is 0 Å². The summed E-state index contributed by atoms with van der Waals surface area (Å²) in [4.78, 5) is 20.7. The molecule has 1 aromatic carbocycles. The van der Waals surface area contributed by atoms with Gasteiger partial charge in [0.2, 0.25) is 0 Å². The number of non-ortho nitro benzene ring substituents is 1. The van der Waals surface area contributed by atoms with E-state index >= 15 is 0 Å². The summed E-state index contributed by atoms with van der Waals surface area (Å²) in [6.07, 6.45) is 0. The topological polar surface area (TPSA) is 93.6 Å². The number of aliphatic carboxylic acids is 1. The number of nitrogens with zero attached hydrogens (tertiary/aromatic N) is 1. The molecule has 2 rings (SSSR count). The van der Waals surface area contributed by atoms with Crippen LogP contribution in [-0.4, -0.2) is 16.0 Å². The first-order valence-corrected chi connectivity index (χ1v) is 4.59. The summed E-state index contributed by atoms with van der Waals surface area (Å²) in [5, 5.41) is 19.8. The second kappa shape index (κ2) is 3.75. The molecule has 2 aromatic rings. The molecule has 0 unspecified atom stereocenters. The number of fused-ring (bicyclic) bond motifs is 1. The fourth-order valence-electron chi connectivity index (χ4n) is 1.40. The quantitative estimate of drug-likeness (QED) is 0.499. The highest BCUT2D eigenvalue weighted by Gasteiger charge is 2.15. The monoisotopic (exact) mass is 233 g/mol. The van der Waals surface area contributed by atoms with E-state index in [1.807, 2.05) is 0 Å². The van der Waals surface area contributed by atoms with E-state index in [-0.39, 0.29) is 17.0 Å². The number of benzene rings is 1. The Morgan fingerprint density at radius 2 is 2.12 bits per heavy atom. The Labute approximate surface area is 94.9 Å². The normalized spacial score (nSPS) is 10.4. The maximum absolute atomic E-state index is 10.7. The van der Waals surface area contributed by atoms with Crippen LogP contribution in [0.25, 0.3) is 16.5 Å². The average Bonchev–Trinajstić information content (AvgIpc) is 2.69. The van der Waals surface area contributed by atoms with Gasteiger partial charge in [0, 0.05) is 17.5 Å². The molecule has 0 saturated carbocycles. The van der Waals surface area contributed by atoms with Gasteiger partial charge < -0.3 is 9.52 Å². The van der Waals surface area contributed by atoms with Crippen molar-refractivity contribution in [3.8, 4) is 0 Å². The lowest BCUT2D eigenvalue weighted by atomic mass is 10.2. The lowest BCUT2D eigenvalue weighted by Crippen LogP contribution is -1.95. The van der Waals surface area contributed by atoms with Crippen molar-refractivity contribution in [3.63, 3.8) is 0 Å². The Bertz CT molecular complexity index is 640. The molecular weight excluding hydrogens is 226 g/mol. The highest BCUT2D eigenvalue weighted by molar-refractivity contribution is 6.14. The van der Waals surface area contributed by atoms with Crippen LogP contribution in [0, 0.1) is 10.1 Å². The smallest absolute Gasteiger partial charge is 0.338 e. The molecule has 1 heterocycles. The van der Waals surface area contributed by atoms with Gasteiger partial charge in [-0.3, -0.25) is 10.1 Å². The molecule has 0 aliphatic carbocycles. The van der Waals surface area contributed by atoms with E-state index in [2.05, 4.69) is 6.58 Å². The van der Waals surface area contributed by atoms with Crippen molar-refractivity contribution in [3.05, 3.63) is 46.7 Å². The summed E-state index contributed by atoms with van der Waals surface area (Å²) in [7, 11) is 0. The van der Waals surface area contributed by atoms with Crippen LogP contribution in [0.2, 0.25) is 0 Å². The minimum Gasteiger partial charge on any atom is -0.478 e. The summed E-state index contributed by atoms with van der Waals surface area (Å²) >= 11 is 0. The zero-order valence-corrected chi connectivity index (χ0v) is 8.54. The molecule has 0 atom stereocenters. The summed E-state index contributed by atoms with van der Waals surface area (Å²) in [5.41, 5.74) is 0.114. The van der Waals surface area contributed by atoms with Crippen LogP contribution in [0.4, 0.5) is 5.69 Å². The predicted octanol–water partition coefficient (Wildman–Crippen LogP) is 2.44. The van der Waals surface area contributed by atoms with Crippen LogP contribution < -0.4 is 0 Å². The number of carboxylic acids is 1. The lowest BCUT2D eigenvalue weighted by Gasteiger charge is -1.92. The number of furan rings is 1. The molecule has 86 valence electrons. The molecule has 6 heteroatoms. The number of carboxylic acid groups (broad SMARTS) is 1. The number of nitro groups is 1. The third-order valence-corrected chi connectivity index (χ3v) is 2.27. The molecule has 0 radical (unpaired) electrons. The molecule has 1 aromatic heterocycles. The largest absolute Gasteiger partial charge is 0.478 e. The van der Waals surface area contributed by atoms with Gasteiger partial charge in [0.1, 0.15) is 11.3 Å². The summed E-state index contributed by atoms with van der Waals surface area (Å²) < 4.78 is 5.22. The Morgan fingerprint density at radius 3 is 2.71 bits per heavy atom. The van der Waals surface area contributed by atoms with Crippen molar-refractivity contribution in [1.82, 2.24) is 0 Å². The van der Waals surface area contributed by atoms with Gasteiger partial charge >= 0.3 is 5.97 Å². The maximum Gasteiger partial charge on any atom is 0.338 e. The Hall–Kier alpha value is -2.63. The molecule has 6 nitrogen and oxygen atoms in total. The van der Waals surface area contributed by atoms with Gasteiger partial charge in [-0.05, 0) is 12.1 Å². The van der Waals surface area contributed by atoms with Gasteiger partial charge in [0.15, 0.2) is 0 Å². The molecule has 0 spiro atoms. The van der Waals surface area contributed by atoms with Crippen molar-refractivity contribution < 1.29 is 19.2 Å². The van der Waals surface area contributed by atoms with Gasteiger partial charge in [0.25, 0.3) is 5.69 Å². The first kappa shape index (κ1) is 10.9. The van der Waals surface area contributed by atoms with Crippen LogP contribution in [0.15, 0.2) is 35.3 Å². The summed E-state index contributed by atoms with van der Waals surface area (Å²) in [6, 6.07) is 5.45. The number of hydrogen-bond acceptors (Lipinski definition) is 4. The SMILES string of the molecule is C=C(C(=O)O)c1cc2cc([N+](=O)[O-])ccc2o1. The molecule has 0 amide bonds. The second-order valence-corrected chi connectivity index (χ2v) is 3.37. The number of nitro benzene ring substituents is 1. The van der Waals surface area contributed by atoms with Gasteiger partial charge in [-0.1, -0.05) is 6.58 Å². The highest BCUT2D eigenvalue weighted by atomic mass is 16.6. The molecule has 0 aliphatic heterocycles. The minimum absolute atomic E-state index is 0.0780. The first-order chi connectivity index (χ1) is 7.99. The third kappa shape index (κ3) is 1.87. The van der Waals surface area contributed by atoms with Gasteiger partial charge in [-0.15, -0.1) is 0 Å². The second-order valence-electron chi connectivity index (χ2n) is 3.37. The van der Waals surface area contributed by atoms with Crippen molar-refractivity contribution in [2.24, 2.45) is 0 Å². The molecule has 0 saturated heterocycles. The van der Waals surface area contributed by atoms with Crippen LogP contribution in [-0.2, 0) is 4.79 Å². The zero-order valence-electron chi connectivity index (χ0n) is 8.54. The molecule has 17 heavy (non-hydrogen) atoms. The summed E-state index contributed by atoms with van der Waals surface area (Å²) in [5.74, 6) is -1.11. The fourth-order valence-corrected chi connectivity index (χ4v) is 1.40. The Morgan fingerprint density at radius 1 is 1.41 bits per heavy atom. The van der Waals surface area contributed by atoms with E-state index < -0.39 is 10.9 Å². The number of hydrogen-bond donors (Lipinski definition) is 1. The zero-order chi connectivity index (χ0) is 12.6. The standard InChI is InChI=1S/C11H7NO5/c1-6(11(13)14)10-5-7-4-8(12(15)16)2-3-9(7)17-10/h2-5H,1H2,(H,13,14). The third-order valence-electron chi connectivity index (χ3n) is 2.27. The van der Waals surface area contributed by atoms with E-state index in [0.717, 1.165) is 0 Å². The van der Waals surface area contributed by atoms with Crippen molar-refractivity contribution in [1.29, 1.82) is 0 Å². The predicted molar refractivity (Wildman–Crippen MR) is 59.5 cm³/mol. The van der Waals surface area contributed by atoms with Crippen molar-refractivity contribution in [2.45, 2.75) is 0 Å². The van der Waals surface area contributed by atoms with E-state index in [9.17, 15) is 14.9 Å². The lowest BCUT2D eigenvalue weighted by molar-refractivity contribution is -0.384. The maximum atomic E-state index is 10.7. The van der Waals surface area contributed by atoms with Crippen molar-refractivity contribution >= 4 is 28.2 Å². The highest BCUT2D eigenvalue weighted by Crippen LogP contribution is 2.27. The van der Waals surface area contributed by atoms with Crippen LogP contribution >= 0.6 is 0 Å². The molecule has 0 aliphatic rings. The fraction of sp³-hybridized carbons (Fsp3) is 0. The minimum atomic E-state index is -1.20. The van der Waals surface area contributed by atoms with Crippen LogP contribution in [0.5, 0.6) is 0 Å². The number of rotatable bonds is 3. The van der Waals surface area contributed by atoms with E-state index in [1.165, 1.54) is 24.3 Å². The van der Waals surface area contributed by atoms with Gasteiger partial charge in [-0.2, -0.15) is 0 Å². The van der Waals surface area contributed by atoms with Crippen LogP contribution in [0.1, 0.15) is 5.76 Å². The van der Waals surface area contributed by atoms with Crippen LogP contribution in [0.3, 0.4) is 0 Å². The number of carbonyl (C=O) groups is 1. The summed E-state index contributed by atoms with van der Waals surface area (Å²) in [6.45, 7) is 3.35. The van der Waals surface area contributed by atoms with E-state index in [4.69, 9.17) is 9.52 Å². The van der Waals surface area contributed by atoms with E-state index in [0.29, 0.717) is 11.0 Å². The molecule has 0 fully saturated rings. The Kier molecular flexibility index (Phi) is 2.40.